The SMILES string of the molecule is CN(c1ncccc1C(F)(F)F)C1CCCN(C(=O)c2ccc3c(c2)OCO3)C1. The molecule has 1 unspecified atom stereocenters. The third-order valence-corrected chi connectivity index (χ3v) is 5.28. The summed E-state index contributed by atoms with van der Waals surface area (Å²) < 4.78 is 50.7. The molecule has 0 aliphatic carbocycles. The molecule has 2 aromatic rings. The van der Waals surface area contributed by atoms with Gasteiger partial charge in [-0.3, -0.25) is 4.79 Å². The topological polar surface area (TPSA) is 54.9 Å². The van der Waals surface area contributed by atoms with Crippen LogP contribution in [0.5, 0.6) is 11.5 Å². The zero-order chi connectivity index (χ0) is 20.6. The number of aromatic nitrogens is 1. The summed E-state index contributed by atoms with van der Waals surface area (Å²) in [4.78, 5) is 20.1. The van der Waals surface area contributed by atoms with Crippen LogP contribution in [0.25, 0.3) is 0 Å². The Morgan fingerprint density at radius 1 is 1.24 bits per heavy atom. The van der Waals surface area contributed by atoms with Crippen molar-refractivity contribution in [2.75, 3.05) is 31.8 Å². The fourth-order valence-electron chi connectivity index (χ4n) is 3.74. The zero-order valence-electron chi connectivity index (χ0n) is 15.8. The summed E-state index contributed by atoms with van der Waals surface area (Å²) in [5.41, 5.74) is -0.312. The lowest BCUT2D eigenvalue weighted by Gasteiger charge is -2.38. The van der Waals surface area contributed by atoms with Gasteiger partial charge in [-0.15, -0.1) is 0 Å². The summed E-state index contributed by atoms with van der Waals surface area (Å²) in [7, 11) is 1.59. The standard InChI is InChI=1S/C20H20F3N3O3/c1-25(18-15(20(21,22)23)5-2-8-24-18)14-4-3-9-26(11-14)19(27)13-6-7-16-17(10-13)29-12-28-16/h2,5-8,10,14H,3-4,9,11-12H2,1H3. The van der Waals surface area contributed by atoms with E-state index in [4.69, 9.17) is 9.47 Å². The van der Waals surface area contributed by atoms with Crippen LogP contribution >= 0.6 is 0 Å². The number of likely N-dealkylation sites (tertiary alicyclic amines) is 1. The molecule has 0 radical (unpaired) electrons. The Balaban J connectivity index is 1.52. The summed E-state index contributed by atoms with van der Waals surface area (Å²) in [6, 6.07) is 7.03. The molecule has 3 heterocycles. The first-order valence-electron chi connectivity index (χ1n) is 9.28. The number of fused-ring (bicyclic) bond motifs is 1. The largest absolute Gasteiger partial charge is 0.454 e. The number of halogens is 3. The molecule has 0 saturated carbocycles. The van der Waals surface area contributed by atoms with E-state index in [0.29, 0.717) is 43.0 Å². The van der Waals surface area contributed by atoms with Crippen LogP contribution in [0.1, 0.15) is 28.8 Å². The zero-order valence-corrected chi connectivity index (χ0v) is 15.8. The molecule has 1 atom stereocenters. The van der Waals surface area contributed by atoms with E-state index < -0.39 is 11.7 Å². The van der Waals surface area contributed by atoms with Crippen LogP contribution in [-0.2, 0) is 6.18 Å². The van der Waals surface area contributed by atoms with E-state index in [-0.39, 0.29) is 24.6 Å². The number of hydrogen-bond acceptors (Lipinski definition) is 5. The molecular weight excluding hydrogens is 387 g/mol. The van der Waals surface area contributed by atoms with Crippen LogP contribution < -0.4 is 14.4 Å². The number of ether oxygens (including phenoxy) is 2. The number of hydrogen-bond donors (Lipinski definition) is 0. The van der Waals surface area contributed by atoms with Crippen molar-refractivity contribution in [2.45, 2.75) is 25.1 Å². The predicted octanol–water partition coefficient (Wildman–Crippen LogP) is 3.57. The molecule has 1 fully saturated rings. The number of rotatable bonds is 3. The van der Waals surface area contributed by atoms with Crippen molar-refractivity contribution in [3.8, 4) is 11.5 Å². The summed E-state index contributed by atoms with van der Waals surface area (Å²) in [5, 5.41) is 0. The van der Waals surface area contributed by atoms with Crippen LogP contribution in [0.15, 0.2) is 36.5 Å². The van der Waals surface area contributed by atoms with Gasteiger partial charge in [-0.25, -0.2) is 4.98 Å². The van der Waals surface area contributed by atoms with Crippen molar-refractivity contribution in [1.82, 2.24) is 9.88 Å². The first-order chi connectivity index (χ1) is 13.8. The van der Waals surface area contributed by atoms with Gasteiger partial charge in [-0.2, -0.15) is 13.2 Å². The lowest BCUT2D eigenvalue weighted by molar-refractivity contribution is -0.137. The second-order valence-corrected chi connectivity index (χ2v) is 7.10. The molecule has 4 rings (SSSR count). The number of anilines is 1. The van der Waals surface area contributed by atoms with E-state index in [1.165, 1.54) is 17.2 Å². The number of carbonyl (C=O) groups is 1. The highest BCUT2D eigenvalue weighted by Crippen LogP contribution is 2.36. The smallest absolute Gasteiger partial charge is 0.419 e. The molecule has 1 aromatic carbocycles. The fraction of sp³-hybridized carbons (Fsp3) is 0.400. The first-order valence-corrected chi connectivity index (χ1v) is 9.28. The van der Waals surface area contributed by atoms with Crippen molar-refractivity contribution >= 4 is 11.7 Å². The van der Waals surface area contributed by atoms with E-state index in [9.17, 15) is 18.0 Å². The van der Waals surface area contributed by atoms with Crippen LogP contribution in [0.3, 0.4) is 0 Å². The highest BCUT2D eigenvalue weighted by atomic mass is 19.4. The molecule has 2 aliphatic rings. The van der Waals surface area contributed by atoms with Crippen LogP contribution in [0.4, 0.5) is 19.0 Å². The van der Waals surface area contributed by atoms with Gasteiger partial charge in [0, 0.05) is 37.9 Å². The van der Waals surface area contributed by atoms with Gasteiger partial charge in [-0.1, -0.05) is 0 Å². The molecule has 0 bridgehead atoms. The summed E-state index contributed by atoms with van der Waals surface area (Å²) in [6.07, 6.45) is -1.78. The van der Waals surface area contributed by atoms with E-state index >= 15 is 0 Å². The number of carbonyl (C=O) groups excluding carboxylic acids is 1. The van der Waals surface area contributed by atoms with Gasteiger partial charge in [0.05, 0.1) is 5.56 Å². The minimum atomic E-state index is -4.49. The normalized spacial score (nSPS) is 18.6. The Kier molecular flexibility index (Phi) is 4.97. The van der Waals surface area contributed by atoms with Crippen molar-refractivity contribution in [2.24, 2.45) is 0 Å². The molecule has 1 amide bonds. The van der Waals surface area contributed by atoms with E-state index in [0.717, 1.165) is 6.07 Å². The van der Waals surface area contributed by atoms with Gasteiger partial charge in [0.25, 0.3) is 5.91 Å². The first kappa shape index (κ1) is 19.4. The van der Waals surface area contributed by atoms with E-state index in [2.05, 4.69) is 4.98 Å². The van der Waals surface area contributed by atoms with E-state index in [1.807, 2.05) is 0 Å². The van der Waals surface area contributed by atoms with E-state index in [1.54, 1.807) is 30.1 Å². The molecule has 0 spiro atoms. The molecule has 6 nitrogen and oxygen atoms in total. The average Bonchev–Trinajstić information content (AvgIpc) is 3.20. The number of pyridine rings is 1. The average molecular weight is 407 g/mol. The molecule has 1 aromatic heterocycles. The molecule has 154 valence electrons. The minimum absolute atomic E-state index is 0.120. The Hall–Kier alpha value is -2.97. The highest BCUT2D eigenvalue weighted by molar-refractivity contribution is 5.95. The summed E-state index contributed by atoms with van der Waals surface area (Å²) in [5.74, 6) is 0.804. The van der Waals surface area contributed by atoms with Crippen LogP contribution in [-0.4, -0.2) is 48.8 Å². The molecule has 0 N–H and O–H groups in total. The third kappa shape index (κ3) is 3.81. The molecule has 9 heteroatoms. The highest BCUT2D eigenvalue weighted by Gasteiger charge is 2.37. The van der Waals surface area contributed by atoms with Crippen molar-refractivity contribution in [3.05, 3.63) is 47.7 Å². The number of amides is 1. The van der Waals surface area contributed by atoms with Crippen molar-refractivity contribution in [1.29, 1.82) is 0 Å². The second kappa shape index (κ2) is 7.46. The monoisotopic (exact) mass is 407 g/mol. The maximum atomic E-state index is 13.4. The van der Waals surface area contributed by atoms with Gasteiger partial charge in [0.15, 0.2) is 11.5 Å². The Morgan fingerprint density at radius 2 is 2.03 bits per heavy atom. The quantitative estimate of drug-likeness (QED) is 0.779. The predicted molar refractivity (Wildman–Crippen MR) is 99.1 cm³/mol. The Labute approximate surface area is 165 Å². The van der Waals surface area contributed by atoms with Crippen LogP contribution in [0, 0.1) is 0 Å². The maximum absolute atomic E-state index is 13.4. The van der Waals surface area contributed by atoms with Gasteiger partial charge >= 0.3 is 6.18 Å². The Bertz CT molecular complexity index is 919. The molecule has 29 heavy (non-hydrogen) atoms. The van der Waals surface area contributed by atoms with Gasteiger partial charge in [0.1, 0.15) is 5.82 Å². The lowest BCUT2D eigenvalue weighted by atomic mass is 10.0. The van der Waals surface area contributed by atoms with Crippen molar-refractivity contribution in [3.63, 3.8) is 0 Å². The molecule has 2 aliphatic heterocycles. The second-order valence-electron chi connectivity index (χ2n) is 7.10. The van der Waals surface area contributed by atoms with Gasteiger partial charge in [0.2, 0.25) is 6.79 Å². The minimum Gasteiger partial charge on any atom is -0.454 e. The van der Waals surface area contributed by atoms with Crippen LogP contribution in [0.2, 0.25) is 0 Å². The fourth-order valence-corrected chi connectivity index (χ4v) is 3.74. The maximum Gasteiger partial charge on any atom is 0.419 e. The number of piperidine rings is 1. The number of likely N-dealkylation sites (N-methyl/N-ethyl adjacent to an activating group) is 1. The van der Waals surface area contributed by atoms with Gasteiger partial charge < -0.3 is 19.3 Å². The summed E-state index contributed by atoms with van der Waals surface area (Å²) >= 11 is 0. The lowest BCUT2D eigenvalue weighted by Crippen LogP contribution is -2.49. The summed E-state index contributed by atoms with van der Waals surface area (Å²) in [6.45, 7) is 0.985. The number of nitrogens with zero attached hydrogens (tertiary/aromatic N) is 3. The third-order valence-electron chi connectivity index (χ3n) is 5.28. The Morgan fingerprint density at radius 3 is 2.83 bits per heavy atom. The van der Waals surface area contributed by atoms with Crippen molar-refractivity contribution < 1.29 is 27.4 Å². The molecule has 1 saturated heterocycles. The number of benzene rings is 1. The molecular formula is C20H20F3N3O3. The number of alkyl halides is 3. The van der Waals surface area contributed by atoms with Gasteiger partial charge in [-0.05, 0) is 43.2 Å².